The molecule has 0 aromatic heterocycles. The number of allylic oxidation sites excluding steroid dienone is 1. The van der Waals surface area contributed by atoms with Crippen LogP contribution < -0.4 is 0 Å². The van der Waals surface area contributed by atoms with Crippen molar-refractivity contribution < 1.29 is 4.79 Å². The van der Waals surface area contributed by atoms with E-state index >= 15 is 0 Å². The third-order valence-electron chi connectivity index (χ3n) is 2.45. The average molecular weight is 152 g/mol. The van der Waals surface area contributed by atoms with E-state index in [0.717, 1.165) is 24.8 Å². The molecule has 0 N–H and O–H groups in total. The van der Waals surface area contributed by atoms with Crippen LogP contribution in [0.25, 0.3) is 0 Å². The van der Waals surface area contributed by atoms with Crippen LogP contribution in [0.4, 0.5) is 0 Å². The molecule has 0 saturated heterocycles. The summed E-state index contributed by atoms with van der Waals surface area (Å²) >= 11 is 0. The van der Waals surface area contributed by atoms with Crippen LogP contribution in [0.15, 0.2) is 12.2 Å². The molecule has 1 aliphatic rings. The van der Waals surface area contributed by atoms with Gasteiger partial charge in [0.25, 0.3) is 0 Å². The number of ketones is 1. The fourth-order valence-corrected chi connectivity index (χ4v) is 1.10. The molecule has 0 spiro atoms. The van der Waals surface area contributed by atoms with Crippen LogP contribution in [0, 0.1) is 5.41 Å². The molecule has 0 aliphatic heterocycles. The highest BCUT2D eigenvalue weighted by atomic mass is 16.1. The van der Waals surface area contributed by atoms with E-state index in [-0.39, 0.29) is 5.41 Å². The molecule has 1 saturated carbocycles. The van der Waals surface area contributed by atoms with E-state index in [0.29, 0.717) is 12.2 Å². The van der Waals surface area contributed by atoms with Crippen molar-refractivity contribution >= 4 is 5.78 Å². The fraction of sp³-hybridized carbons (Fsp3) is 0.700. The van der Waals surface area contributed by atoms with Crippen LogP contribution in [0.3, 0.4) is 0 Å². The van der Waals surface area contributed by atoms with Gasteiger partial charge in [0.1, 0.15) is 5.78 Å². The number of hydrogen-bond donors (Lipinski definition) is 0. The number of hydrogen-bond acceptors (Lipinski definition) is 1. The van der Waals surface area contributed by atoms with Gasteiger partial charge in [0.05, 0.1) is 0 Å². The summed E-state index contributed by atoms with van der Waals surface area (Å²) in [7, 11) is 0. The fourth-order valence-electron chi connectivity index (χ4n) is 1.10. The van der Waals surface area contributed by atoms with Crippen LogP contribution in [-0.2, 0) is 4.79 Å². The number of rotatable bonds is 4. The minimum absolute atomic E-state index is 0.0649. The second kappa shape index (κ2) is 2.80. The van der Waals surface area contributed by atoms with Crippen LogP contribution in [0.5, 0.6) is 0 Å². The molecule has 1 heteroatoms. The zero-order valence-corrected chi connectivity index (χ0v) is 7.44. The minimum Gasteiger partial charge on any atom is -0.299 e. The van der Waals surface area contributed by atoms with E-state index in [9.17, 15) is 4.79 Å². The monoisotopic (exact) mass is 152 g/mol. The predicted octanol–water partition coefficient (Wildman–Crippen LogP) is 2.71. The highest BCUT2D eigenvalue weighted by molar-refractivity contribution is 5.86. The molecular weight excluding hydrogens is 136 g/mol. The Morgan fingerprint density at radius 2 is 2.00 bits per heavy atom. The molecule has 0 radical (unpaired) electrons. The quantitative estimate of drug-likeness (QED) is 0.566. The number of carbonyl (C=O) groups excluding carboxylic acids is 1. The molecule has 1 rings (SSSR count). The molecule has 62 valence electrons. The van der Waals surface area contributed by atoms with Gasteiger partial charge in [0, 0.05) is 11.8 Å². The average Bonchev–Trinajstić information content (AvgIpc) is 2.64. The maximum absolute atomic E-state index is 11.4. The van der Waals surface area contributed by atoms with E-state index in [1.165, 1.54) is 0 Å². The molecule has 11 heavy (non-hydrogen) atoms. The first-order valence-corrected chi connectivity index (χ1v) is 4.22. The summed E-state index contributed by atoms with van der Waals surface area (Å²) in [5.74, 6) is 0.431. The molecule has 0 unspecified atom stereocenters. The van der Waals surface area contributed by atoms with Crippen LogP contribution in [-0.4, -0.2) is 5.78 Å². The van der Waals surface area contributed by atoms with Crippen molar-refractivity contribution in [2.75, 3.05) is 0 Å². The van der Waals surface area contributed by atoms with Crippen LogP contribution in [0.2, 0.25) is 0 Å². The van der Waals surface area contributed by atoms with Gasteiger partial charge in [-0.1, -0.05) is 12.5 Å². The van der Waals surface area contributed by atoms with Gasteiger partial charge in [-0.2, -0.15) is 0 Å². The Kier molecular flexibility index (Phi) is 2.17. The highest BCUT2D eigenvalue weighted by Crippen LogP contribution is 2.46. The van der Waals surface area contributed by atoms with Crippen LogP contribution in [0.1, 0.15) is 39.5 Å². The predicted molar refractivity (Wildman–Crippen MR) is 46.4 cm³/mol. The molecule has 1 aliphatic carbocycles. The van der Waals surface area contributed by atoms with Crippen molar-refractivity contribution in [3.05, 3.63) is 12.2 Å². The van der Waals surface area contributed by atoms with E-state index in [1.807, 2.05) is 6.92 Å². The molecule has 1 fully saturated rings. The standard InChI is InChI=1S/C10H16O/c1-8(2)4-5-9(11)10(3)6-7-10/h1,4-7H2,2-3H3. The highest BCUT2D eigenvalue weighted by Gasteiger charge is 2.43. The molecule has 0 aromatic rings. The van der Waals surface area contributed by atoms with Crippen molar-refractivity contribution in [2.45, 2.75) is 39.5 Å². The summed E-state index contributed by atoms with van der Waals surface area (Å²) in [6, 6.07) is 0. The van der Waals surface area contributed by atoms with Gasteiger partial charge in [0.15, 0.2) is 0 Å². The zero-order chi connectivity index (χ0) is 8.48. The maximum atomic E-state index is 11.4. The first kappa shape index (κ1) is 8.51. The summed E-state index contributed by atoms with van der Waals surface area (Å²) < 4.78 is 0. The largest absolute Gasteiger partial charge is 0.299 e. The van der Waals surface area contributed by atoms with Crippen molar-refractivity contribution in [1.29, 1.82) is 0 Å². The molecule has 1 nitrogen and oxygen atoms in total. The van der Waals surface area contributed by atoms with E-state index in [1.54, 1.807) is 0 Å². The van der Waals surface area contributed by atoms with Gasteiger partial charge in [-0.15, -0.1) is 6.58 Å². The van der Waals surface area contributed by atoms with Gasteiger partial charge in [-0.3, -0.25) is 4.79 Å². The Balaban J connectivity index is 2.27. The van der Waals surface area contributed by atoms with E-state index in [2.05, 4.69) is 13.5 Å². The lowest BCUT2D eigenvalue weighted by atomic mass is 9.98. The summed E-state index contributed by atoms with van der Waals surface area (Å²) in [5.41, 5.74) is 1.18. The Bertz CT molecular complexity index is 187. The molecular formula is C10H16O. The van der Waals surface area contributed by atoms with Crippen molar-refractivity contribution in [1.82, 2.24) is 0 Å². The van der Waals surface area contributed by atoms with Crippen LogP contribution >= 0.6 is 0 Å². The Labute approximate surface area is 68.5 Å². The van der Waals surface area contributed by atoms with Crippen molar-refractivity contribution in [3.8, 4) is 0 Å². The molecule has 0 atom stereocenters. The maximum Gasteiger partial charge on any atom is 0.139 e. The van der Waals surface area contributed by atoms with Gasteiger partial charge in [-0.25, -0.2) is 0 Å². The van der Waals surface area contributed by atoms with Gasteiger partial charge in [0.2, 0.25) is 0 Å². The Morgan fingerprint density at radius 1 is 1.45 bits per heavy atom. The second-order valence-corrected chi connectivity index (χ2v) is 3.94. The summed E-state index contributed by atoms with van der Waals surface area (Å²) in [6.45, 7) is 7.82. The SMILES string of the molecule is C=C(C)CCC(=O)C1(C)CC1. The number of Topliss-reactive ketones (excluding diaryl/α,β-unsaturated/α-hetero) is 1. The molecule has 0 aromatic carbocycles. The number of carbonyl (C=O) groups is 1. The summed E-state index contributed by atoms with van der Waals surface area (Å²) in [4.78, 5) is 11.4. The third-order valence-corrected chi connectivity index (χ3v) is 2.45. The summed E-state index contributed by atoms with van der Waals surface area (Å²) in [6.07, 6.45) is 3.77. The Hall–Kier alpha value is -0.590. The second-order valence-electron chi connectivity index (χ2n) is 3.94. The van der Waals surface area contributed by atoms with Gasteiger partial charge < -0.3 is 0 Å². The first-order valence-electron chi connectivity index (χ1n) is 4.22. The normalized spacial score (nSPS) is 19.5. The smallest absolute Gasteiger partial charge is 0.139 e. The zero-order valence-electron chi connectivity index (χ0n) is 7.44. The lowest BCUT2D eigenvalue weighted by Gasteiger charge is -2.05. The van der Waals surface area contributed by atoms with E-state index in [4.69, 9.17) is 0 Å². The topological polar surface area (TPSA) is 17.1 Å². The first-order chi connectivity index (χ1) is 5.04. The van der Waals surface area contributed by atoms with E-state index < -0.39 is 0 Å². The third kappa shape index (κ3) is 2.18. The van der Waals surface area contributed by atoms with Crippen molar-refractivity contribution in [3.63, 3.8) is 0 Å². The summed E-state index contributed by atoms with van der Waals surface area (Å²) in [5, 5.41) is 0. The molecule has 0 heterocycles. The van der Waals surface area contributed by atoms with Crippen molar-refractivity contribution in [2.24, 2.45) is 5.41 Å². The lowest BCUT2D eigenvalue weighted by molar-refractivity contribution is -0.123. The van der Waals surface area contributed by atoms with Gasteiger partial charge >= 0.3 is 0 Å². The Morgan fingerprint density at radius 3 is 2.36 bits per heavy atom. The lowest BCUT2D eigenvalue weighted by Crippen LogP contribution is -2.10. The van der Waals surface area contributed by atoms with Gasteiger partial charge in [-0.05, 0) is 26.2 Å². The minimum atomic E-state index is 0.0649. The molecule has 0 bridgehead atoms. The molecule has 0 amide bonds.